The molecule has 144 valence electrons. The van der Waals surface area contributed by atoms with Gasteiger partial charge in [-0.3, -0.25) is 4.68 Å². The van der Waals surface area contributed by atoms with Crippen molar-refractivity contribution in [3.05, 3.63) is 102 Å². The molecule has 0 N–H and O–H groups in total. The van der Waals surface area contributed by atoms with E-state index >= 15 is 0 Å². The van der Waals surface area contributed by atoms with Crippen molar-refractivity contribution < 1.29 is 0 Å². The number of hydrogen-bond acceptors (Lipinski definition) is 4. The maximum Gasteiger partial charge on any atom is 0.205 e. The third-order valence-corrected chi connectivity index (χ3v) is 4.82. The van der Waals surface area contributed by atoms with Gasteiger partial charge in [0.05, 0.1) is 23.5 Å². The molecule has 0 amide bonds. The number of hydrogen-bond donors (Lipinski definition) is 0. The maximum atomic E-state index is 4.43. The number of benzene rings is 1. The minimum atomic E-state index is 0.498. The van der Waals surface area contributed by atoms with E-state index in [1.54, 1.807) is 10.9 Å². The summed E-state index contributed by atoms with van der Waals surface area (Å²) in [6.45, 7) is 0. The van der Waals surface area contributed by atoms with E-state index in [-0.39, 0.29) is 0 Å². The van der Waals surface area contributed by atoms with Crippen molar-refractivity contribution in [3.63, 3.8) is 0 Å². The molecule has 30 heavy (non-hydrogen) atoms. The number of fused-ring (bicyclic) bond motifs is 1. The zero-order valence-electron chi connectivity index (χ0n) is 16.4. The first-order valence-corrected chi connectivity index (χ1v) is 9.58. The fourth-order valence-corrected chi connectivity index (χ4v) is 3.29. The largest absolute Gasteiger partial charge is 0.275 e. The summed E-state index contributed by atoms with van der Waals surface area (Å²) in [7, 11) is 1.90. The van der Waals surface area contributed by atoms with Crippen molar-refractivity contribution in [2.45, 2.75) is 6.42 Å². The van der Waals surface area contributed by atoms with Crippen molar-refractivity contribution in [2.75, 3.05) is 0 Å². The Labute approximate surface area is 173 Å². The second-order valence-electron chi connectivity index (χ2n) is 7.04. The molecule has 0 bridgehead atoms. The van der Waals surface area contributed by atoms with Crippen molar-refractivity contribution in [2.24, 2.45) is 7.05 Å². The zero-order chi connectivity index (χ0) is 20.3. The molecule has 1 aromatic carbocycles. The van der Waals surface area contributed by atoms with E-state index in [2.05, 4.69) is 44.1 Å². The lowest BCUT2D eigenvalue weighted by Crippen LogP contribution is -1.94. The summed E-state index contributed by atoms with van der Waals surface area (Å²) in [5.74, 6) is 6.68. The van der Waals surface area contributed by atoms with Gasteiger partial charge in [0.2, 0.25) is 5.82 Å². The molecule has 0 unspecified atom stereocenters. The zero-order valence-corrected chi connectivity index (χ0v) is 16.4. The molecule has 0 aliphatic carbocycles. The van der Waals surface area contributed by atoms with Gasteiger partial charge in [-0.25, -0.2) is 14.5 Å². The quantitative estimate of drug-likeness (QED) is 0.442. The van der Waals surface area contributed by atoms with E-state index in [0.29, 0.717) is 5.82 Å². The first-order chi connectivity index (χ1) is 14.7. The SMILES string of the molecule is Cn1cc(-c2ccc3c(C#Cc4ncc(Cc5ccccc5)cn4)cnn3c2)cn1. The topological polar surface area (TPSA) is 60.9 Å². The van der Waals surface area contributed by atoms with E-state index < -0.39 is 0 Å². The van der Waals surface area contributed by atoms with Gasteiger partial charge in [0.1, 0.15) is 0 Å². The molecular weight excluding hydrogens is 372 g/mol. The summed E-state index contributed by atoms with van der Waals surface area (Å²) in [5.41, 5.74) is 6.17. The minimum Gasteiger partial charge on any atom is -0.275 e. The van der Waals surface area contributed by atoms with E-state index in [1.165, 1.54) is 5.56 Å². The van der Waals surface area contributed by atoms with Gasteiger partial charge in [0.25, 0.3) is 0 Å². The predicted molar refractivity (Wildman–Crippen MR) is 115 cm³/mol. The van der Waals surface area contributed by atoms with Gasteiger partial charge in [-0.15, -0.1) is 0 Å². The number of pyridine rings is 1. The Hall–Kier alpha value is -4.24. The van der Waals surface area contributed by atoms with E-state index in [4.69, 9.17) is 0 Å². The molecular formula is C24H18N6. The fraction of sp³-hybridized carbons (Fsp3) is 0.0833. The summed E-state index contributed by atoms with van der Waals surface area (Å²) >= 11 is 0. The minimum absolute atomic E-state index is 0.498. The monoisotopic (exact) mass is 390 g/mol. The Bertz CT molecular complexity index is 1370. The molecule has 0 radical (unpaired) electrons. The summed E-state index contributed by atoms with van der Waals surface area (Å²) in [4.78, 5) is 8.78. The Kier molecular flexibility index (Phi) is 4.54. The second kappa shape index (κ2) is 7.64. The molecule has 0 atom stereocenters. The standard InChI is InChI=1S/C24H18N6/c1-29-16-22(15-27-29)21-7-9-23-20(14-28-30(23)17-21)8-10-24-25-12-19(13-26-24)11-18-5-3-2-4-6-18/h2-7,9,12-17H,11H2,1H3. The highest BCUT2D eigenvalue weighted by Gasteiger charge is 2.06. The molecule has 4 heterocycles. The average molecular weight is 390 g/mol. The molecule has 4 aromatic heterocycles. The van der Waals surface area contributed by atoms with E-state index in [0.717, 1.165) is 34.2 Å². The lowest BCUT2D eigenvalue weighted by atomic mass is 10.1. The smallest absolute Gasteiger partial charge is 0.205 e. The predicted octanol–water partition coefficient (Wildman–Crippen LogP) is 3.52. The third kappa shape index (κ3) is 3.69. The van der Waals surface area contributed by atoms with Crippen LogP contribution < -0.4 is 0 Å². The van der Waals surface area contributed by atoms with Crippen LogP contribution in [0.4, 0.5) is 0 Å². The van der Waals surface area contributed by atoms with Crippen LogP contribution in [0, 0.1) is 11.8 Å². The fourth-order valence-electron chi connectivity index (χ4n) is 3.29. The van der Waals surface area contributed by atoms with E-state index in [1.807, 2.05) is 72.9 Å². The highest BCUT2D eigenvalue weighted by atomic mass is 15.2. The number of nitrogens with zero attached hydrogens (tertiary/aromatic N) is 6. The number of aryl methyl sites for hydroxylation is 1. The molecule has 5 rings (SSSR count). The number of aromatic nitrogens is 6. The lowest BCUT2D eigenvalue weighted by Gasteiger charge is -2.00. The van der Waals surface area contributed by atoms with Crippen LogP contribution in [-0.2, 0) is 13.5 Å². The molecule has 0 spiro atoms. The van der Waals surface area contributed by atoms with Gasteiger partial charge in [-0.05, 0) is 23.1 Å². The van der Waals surface area contributed by atoms with Gasteiger partial charge < -0.3 is 0 Å². The molecule has 5 aromatic rings. The van der Waals surface area contributed by atoms with Crippen LogP contribution in [0.25, 0.3) is 16.6 Å². The second-order valence-corrected chi connectivity index (χ2v) is 7.04. The summed E-state index contributed by atoms with van der Waals surface area (Å²) in [6.07, 6.45) is 12.0. The van der Waals surface area contributed by atoms with Crippen LogP contribution in [-0.4, -0.2) is 29.4 Å². The highest BCUT2D eigenvalue weighted by molar-refractivity contribution is 5.68. The van der Waals surface area contributed by atoms with Crippen LogP contribution >= 0.6 is 0 Å². The highest BCUT2D eigenvalue weighted by Crippen LogP contribution is 2.20. The van der Waals surface area contributed by atoms with Crippen LogP contribution in [0.1, 0.15) is 22.5 Å². The van der Waals surface area contributed by atoms with E-state index in [9.17, 15) is 0 Å². The van der Waals surface area contributed by atoms with Crippen molar-refractivity contribution in [1.29, 1.82) is 0 Å². The van der Waals surface area contributed by atoms with Gasteiger partial charge in [-0.2, -0.15) is 10.2 Å². The Morgan fingerprint density at radius 2 is 1.60 bits per heavy atom. The van der Waals surface area contributed by atoms with Crippen LogP contribution in [0.15, 0.2) is 79.6 Å². The van der Waals surface area contributed by atoms with Crippen LogP contribution in [0.3, 0.4) is 0 Å². The summed E-state index contributed by atoms with van der Waals surface area (Å²) < 4.78 is 3.61. The molecule has 0 fully saturated rings. The average Bonchev–Trinajstić information content (AvgIpc) is 3.40. The van der Waals surface area contributed by atoms with Gasteiger partial charge >= 0.3 is 0 Å². The Morgan fingerprint density at radius 3 is 2.37 bits per heavy atom. The van der Waals surface area contributed by atoms with Gasteiger partial charge in [0.15, 0.2) is 0 Å². The van der Waals surface area contributed by atoms with Crippen molar-refractivity contribution in [3.8, 4) is 23.0 Å². The van der Waals surface area contributed by atoms with Gasteiger partial charge in [-0.1, -0.05) is 42.3 Å². The molecule has 0 aliphatic heterocycles. The lowest BCUT2D eigenvalue weighted by molar-refractivity contribution is 0.768. The Morgan fingerprint density at radius 1 is 0.767 bits per heavy atom. The maximum absolute atomic E-state index is 4.43. The molecule has 6 heteroatoms. The first kappa shape index (κ1) is 17.8. The Balaban J connectivity index is 1.36. The molecule has 0 saturated heterocycles. The summed E-state index contributed by atoms with van der Waals surface area (Å²) in [6, 6.07) is 14.3. The van der Waals surface area contributed by atoms with Crippen molar-refractivity contribution in [1.82, 2.24) is 29.4 Å². The normalized spacial score (nSPS) is 10.7. The molecule has 6 nitrogen and oxygen atoms in total. The van der Waals surface area contributed by atoms with Gasteiger partial charge in [0, 0.05) is 49.4 Å². The number of rotatable bonds is 3. The third-order valence-electron chi connectivity index (χ3n) is 4.82. The first-order valence-electron chi connectivity index (χ1n) is 9.58. The molecule has 0 aliphatic rings. The van der Waals surface area contributed by atoms with Crippen molar-refractivity contribution >= 4 is 5.52 Å². The molecule has 0 saturated carbocycles. The van der Waals surface area contributed by atoms with Crippen LogP contribution in [0.5, 0.6) is 0 Å². The summed E-state index contributed by atoms with van der Waals surface area (Å²) in [5, 5.41) is 8.65. The van der Waals surface area contributed by atoms with Crippen LogP contribution in [0.2, 0.25) is 0 Å².